The molecule has 2 rings (SSSR count). The van der Waals surface area contributed by atoms with Crippen molar-refractivity contribution in [2.45, 2.75) is 6.92 Å². The zero-order valence-corrected chi connectivity index (χ0v) is 10.8. The van der Waals surface area contributed by atoms with E-state index in [1.54, 1.807) is 19.1 Å². The zero-order valence-electron chi connectivity index (χ0n) is 10.1. The predicted octanol–water partition coefficient (Wildman–Crippen LogP) is 2.79. The minimum absolute atomic E-state index is 0.0588. The molecular weight excluding hydrogens is 268 g/mol. The first-order valence-corrected chi connectivity index (χ1v) is 5.83. The molecule has 2 N–H and O–H groups in total. The highest BCUT2D eigenvalue weighted by Crippen LogP contribution is 2.21. The second kappa shape index (κ2) is 5.58. The fourth-order valence-electron chi connectivity index (χ4n) is 1.42. The van der Waals surface area contributed by atoms with E-state index < -0.39 is 5.91 Å². The summed E-state index contributed by atoms with van der Waals surface area (Å²) in [4.78, 5) is 11.8. The van der Waals surface area contributed by atoms with Crippen LogP contribution in [0.2, 0.25) is 5.02 Å². The third-order valence-corrected chi connectivity index (χ3v) is 2.64. The number of amides is 1. The average molecular weight is 279 g/mol. The topological polar surface area (TPSA) is 74.8 Å². The van der Waals surface area contributed by atoms with Gasteiger partial charge in [-0.3, -0.25) is 4.79 Å². The first-order chi connectivity index (χ1) is 9.08. The molecule has 0 fully saturated rings. The molecule has 0 saturated carbocycles. The molecule has 0 saturated heterocycles. The maximum atomic E-state index is 11.8. The van der Waals surface area contributed by atoms with Crippen molar-refractivity contribution in [3.05, 3.63) is 52.9 Å². The fraction of sp³-hybridized carbons (Fsp3) is 0.0769. The maximum Gasteiger partial charge on any atom is 0.275 e. The van der Waals surface area contributed by atoms with Gasteiger partial charge in [-0.25, -0.2) is 5.43 Å². The molecule has 1 aromatic heterocycles. The van der Waals surface area contributed by atoms with Crippen LogP contribution < -0.4 is 5.43 Å². The molecule has 0 aliphatic carbocycles. The van der Waals surface area contributed by atoms with Gasteiger partial charge in [-0.1, -0.05) is 11.6 Å². The Hall–Kier alpha value is -2.27. The highest BCUT2D eigenvalue weighted by atomic mass is 35.5. The quantitative estimate of drug-likeness (QED) is 0.670. The SMILES string of the molecule is CC(=NNC(=O)c1cc(Cl)ccc1O)c1ccco1. The van der Waals surface area contributed by atoms with Crippen molar-refractivity contribution >= 4 is 23.2 Å². The Labute approximate surface area is 114 Å². The number of halogens is 1. The van der Waals surface area contributed by atoms with E-state index in [9.17, 15) is 9.90 Å². The van der Waals surface area contributed by atoms with Gasteiger partial charge in [-0.2, -0.15) is 5.10 Å². The van der Waals surface area contributed by atoms with Gasteiger partial charge < -0.3 is 9.52 Å². The number of phenols is 1. The molecule has 1 aromatic carbocycles. The van der Waals surface area contributed by atoms with E-state index in [1.807, 2.05) is 0 Å². The van der Waals surface area contributed by atoms with E-state index in [0.29, 0.717) is 16.5 Å². The van der Waals surface area contributed by atoms with Crippen LogP contribution in [0.3, 0.4) is 0 Å². The van der Waals surface area contributed by atoms with E-state index in [2.05, 4.69) is 10.5 Å². The van der Waals surface area contributed by atoms with Crippen molar-refractivity contribution < 1.29 is 14.3 Å². The van der Waals surface area contributed by atoms with Gasteiger partial charge in [0.2, 0.25) is 0 Å². The Bertz CT molecular complexity index is 621. The van der Waals surface area contributed by atoms with Crippen LogP contribution in [0.25, 0.3) is 0 Å². The molecule has 0 bridgehead atoms. The standard InChI is InChI=1S/C13H11ClN2O3/c1-8(12-3-2-6-19-12)15-16-13(18)10-7-9(14)4-5-11(10)17/h2-7,17H,1H3,(H,16,18). The maximum absolute atomic E-state index is 11.8. The number of rotatable bonds is 3. The summed E-state index contributed by atoms with van der Waals surface area (Å²) >= 11 is 5.76. The number of furan rings is 1. The third kappa shape index (κ3) is 3.14. The molecule has 0 atom stereocenters. The van der Waals surface area contributed by atoms with Gasteiger partial charge in [0, 0.05) is 5.02 Å². The Kier molecular flexibility index (Phi) is 3.87. The molecule has 1 heterocycles. The van der Waals surface area contributed by atoms with E-state index in [-0.39, 0.29) is 11.3 Å². The molecule has 0 spiro atoms. The summed E-state index contributed by atoms with van der Waals surface area (Å²) < 4.78 is 5.12. The smallest absolute Gasteiger partial charge is 0.275 e. The van der Waals surface area contributed by atoms with Gasteiger partial charge in [0.25, 0.3) is 5.91 Å². The molecule has 0 aliphatic heterocycles. The van der Waals surface area contributed by atoms with Crippen molar-refractivity contribution in [2.75, 3.05) is 0 Å². The number of hydrogen-bond acceptors (Lipinski definition) is 4. The van der Waals surface area contributed by atoms with Gasteiger partial charge in [0.1, 0.15) is 17.2 Å². The van der Waals surface area contributed by atoms with Crippen LogP contribution >= 0.6 is 11.6 Å². The lowest BCUT2D eigenvalue weighted by atomic mass is 10.2. The van der Waals surface area contributed by atoms with E-state index in [4.69, 9.17) is 16.0 Å². The molecule has 5 nitrogen and oxygen atoms in total. The molecule has 2 aromatic rings. The van der Waals surface area contributed by atoms with Gasteiger partial charge in [0.05, 0.1) is 11.8 Å². The summed E-state index contributed by atoms with van der Waals surface area (Å²) in [6, 6.07) is 7.65. The highest BCUT2D eigenvalue weighted by Gasteiger charge is 2.11. The van der Waals surface area contributed by atoms with E-state index in [0.717, 1.165) is 0 Å². The number of carbonyl (C=O) groups excluding carboxylic acids is 1. The molecule has 98 valence electrons. The lowest BCUT2D eigenvalue weighted by Crippen LogP contribution is -2.19. The van der Waals surface area contributed by atoms with Crippen molar-refractivity contribution in [3.8, 4) is 5.75 Å². The molecule has 0 radical (unpaired) electrons. The van der Waals surface area contributed by atoms with Crippen LogP contribution in [0.15, 0.2) is 46.1 Å². The second-order valence-electron chi connectivity index (χ2n) is 3.78. The van der Waals surface area contributed by atoms with Gasteiger partial charge in [0.15, 0.2) is 0 Å². The number of phenolic OH excluding ortho intramolecular Hbond substituents is 1. The Balaban J connectivity index is 2.14. The van der Waals surface area contributed by atoms with Crippen LogP contribution in [0, 0.1) is 0 Å². The van der Waals surface area contributed by atoms with Crippen LogP contribution in [-0.2, 0) is 0 Å². The monoisotopic (exact) mass is 278 g/mol. The Morgan fingerprint density at radius 3 is 2.89 bits per heavy atom. The summed E-state index contributed by atoms with van der Waals surface area (Å²) in [6.07, 6.45) is 1.51. The van der Waals surface area contributed by atoms with Crippen LogP contribution in [0.5, 0.6) is 5.75 Å². The van der Waals surface area contributed by atoms with Gasteiger partial charge in [-0.05, 0) is 37.3 Å². The summed E-state index contributed by atoms with van der Waals surface area (Å²) in [7, 11) is 0. The molecule has 0 aliphatic rings. The fourth-order valence-corrected chi connectivity index (χ4v) is 1.60. The van der Waals surface area contributed by atoms with Crippen molar-refractivity contribution in [3.63, 3.8) is 0 Å². The largest absolute Gasteiger partial charge is 0.507 e. The summed E-state index contributed by atoms with van der Waals surface area (Å²) in [5.41, 5.74) is 2.90. The first-order valence-electron chi connectivity index (χ1n) is 5.45. The third-order valence-electron chi connectivity index (χ3n) is 2.41. The lowest BCUT2D eigenvalue weighted by Gasteiger charge is -2.04. The van der Waals surface area contributed by atoms with Crippen LogP contribution in [-0.4, -0.2) is 16.7 Å². The van der Waals surface area contributed by atoms with E-state index in [1.165, 1.54) is 24.5 Å². The normalized spacial score (nSPS) is 11.4. The molecule has 6 heteroatoms. The van der Waals surface area contributed by atoms with Gasteiger partial charge >= 0.3 is 0 Å². The van der Waals surface area contributed by atoms with Crippen molar-refractivity contribution in [1.29, 1.82) is 0 Å². The first kappa shape index (κ1) is 13.2. The lowest BCUT2D eigenvalue weighted by molar-refractivity contribution is 0.0952. The molecular formula is C13H11ClN2O3. The van der Waals surface area contributed by atoms with Crippen molar-refractivity contribution in [1.82, 2.24) is 5.43 Å². The van der Waals surface area contributed by atoms with E-state index >= 15 is 0 Å². The van der Waals surface area contributed by atoms with Crippen LogP contribution in [0.4, 0.5) is 0 Å². The number of carbonyl (C=O) groups is 1. The summed E-state index contributed by atoms with van der Waals surface area (Å²) in [5.74, 6) is -0.158. The predicted molar refractivity (Wildman–Crippen MR) is 71.5 cm³/mol. The Morgan fingerprint density at radius 1 is 1.42 bits per heavy atom. The van der Waals surface area contributed by atoms with Crippen molar-refractivity contribution in [2.24, 2.45) is 5.10 Å². The van der Waals surface area contributed by atoms with Crippen LogP contribution in [0.1, 0.15) is 23.0 Å². The zero-order chi connectivity index (χ0) is 13.8. The number of nitrogens with zero attached hydrogens (tertiary/aromatic N) is 1. The number of benzene rings is 1. The summed E-state index contributed by atoms with van der Waals surface area (Å²) in [6.45, 7) is 1.69. The number of hydrazone groups is 1. The number of aromatic hydroxyl groups is 1. The molecule has 19 heavy (non-hydrogen) atoms. The second-order valence-corrected chi connectivity index (χ2v) is 4.21. The highest BCUT2D eigenvalue weighted by molar-refractivity contribution is 6.31. The molecule has 0 unspecified atom stereocenters. The number of hydrogen-bond donors (Lipinski definition) is 2. The average Bonchev–Trinajstić information content (AvgIpc) is 2.92. The summed E-state index contributed by atoms with van der Waals surface area (Å²) in [5, 5.41) is 13.8. The molecule has 1 amide bonds. The Morgan fingerprint density at radius 2 is 2.21 bits per heavy atom. The minimum Gasteiger partial charge on any atom is -0.507 e. The minimum atomic E-state index is -0.550. The number of nitrogens with one attached hydrogen (secondary N) is 1. The van der Waals surface area contributed by atoms with Gasteiger partial charge in [-0.15, -0.1) is 0 Å².